The van der Waals surface area contributed by atoms with Crippen LogP contribution in [0.15, 0.2) is 11.6 Å². The number of hydrogen-bond donors (Lipinski definition) is 1. The summed E-state index contributed by atoms with van der Waals surface area (Å²) in [5.74, 6) is -1.16. The highest BCUT2D eigenvalue weighted by Crippen LogP contribution is 2.41. The molecule has 5 heteroatoms. The van der Waals surface area contributed by atoms with E-state index in [1.54, 1.807) is 0 Å². The van der Waals surface area contributed by atoms with E-state index in [-0.39, 0.29) is 24.4 Å². The van der Waals surface area contributed by atoms with Gasteiger partial charge < -0.3 is 24.3 Å². The Labute approximate surface area is 158 Å². The molecule has 0 aromatic heterocycles. The molecule has 2 unspecified atom stereocenters. The number of hydrogen-bond acceptors (Lipinski definition) is 5. The second kappa shape index (κ2) is 8.27. The summed E-state index contributed by atoms with van der Waals surface area (Å²) in [6.07, 6.45) is 9.88. The lowest BCUT2D eigenvalue weighted by Crippen LogP contribution is -2.57. The summed E-state index contributed by atoms with van der Waals surface area (Å²) in [5.41, 5.74) is 1.17. The molecule has 4 atom stereocenters. The summed E-state index contributed by atoms with van der Waals surface area (Å²) >= 11 is 0. The first-order valence-corrected chi connectivity index (χ1v) is 10.4. The fourth-order valence-electron chi connectivity index (χ4n) is 4.18. The monoisotopic (exact) mass is 367 g/mol. The molecule has 3 rings (SSSR count). The second-order valence-corrected chi connectivity index (χ2v) is 8.78. The molecule has 3 aliphatic rings. The van der Waals surface area contributed by atoms with E-state index in [1.165, 1.54) is 44.1 Å². The summed E-state index contributed by atoms with van der Waals surface area (Å²) in [6.45, 7) is 11.8. The number of rotatable bonds is 8. The molecule has 0 aromatic rings. The van der Waals surface area contributed by atoms with Gasteiger partial charge in [-0.2, -0.15) is 0 Å². The van der Waals surface area contributed by atoms with Gasteiger partial charge in [-0.15, -0.1) is 0 Å². The van der Waals surface area contributed by atoms with Gasteiger partial charge in [0.1, 0.15) is 18.3 Å². The zero-order valence-corrected chi connectivity index (χ0v) is 17.2. The first kappa shape index (κ1) is 20.3. The van der Waals surface area contributed by atoms with Crippen LogP contribution in [0, 0.1) is 0 Å². The van der Waals surface area contributed by atoms with Crippen LogP contribution in [0.2, 0.25) is 0 Å². The molecule has 1 N–H and O–H groups in total. The van der Waals surface area contributed by atoms with E-state index >= 15 is 0 Å². The number of fused-ring (bicyclic) bond motifs is 3. The lowest BCUT2D eigenvalue weighted by molar-refractivity contribution is -0.273. The maximum Gasteiger partial charge on any atom is 0.164 e. The highest BCUT2D eigenvalue weighted by atomic mass is 16.8. The molecule has 0 aromatic carbocycles. The van der Waals surface area contributed by atoms with E-state index in [1.807, 2.05) is 27.7 Å². The zero-order valence-electron chi connectivity index (χ0n) is 17.2. The second-order valence-electron chi connectivity index (χ2n) is 8.78. The Bertz CT molecular complexity index is 502. The van der Waals surface area contributed by atoms with E-state index in [4.69, 9.17) is 18.9 Å². The maximum atomic E-state index is 6.24. The Morgan fingerprint density at radius 2 is 1.62 bits per heavy atom. The van der Waals surface area contributed by atoms with Gasteiger partial charge in [-0.3, -0.25) is 0 Å². The first-order chi connectivity index (χ1) is 12.3. The van der Waals surface area contributed by atoms with E-state index in [2.05, 4.69) is 18.3 Å². The third-order valence-electron chi connectivity index (χ3n) is 5.48. The third kappa shape index (κ3) is 4.87. The minimum absolute atomic E-state index is 0.0206. The smallest absolute Gasteiger partial charge is 0.164 e. The Morgan fingerprint density at radius 1 is 0.923 bits per heavy atom. The van der Waals surface area contributed by atoms with Crippen LogP contribution >= 0.6 is 0 Å². The van der Waals surface area contributed by atoms with Gasteiger partial charge in [0, 0.05) is 0 Å². The Hall–Kier alpha value is -0.460. The van der Waals surface area contributed by atoms with Crippen molar-refractivity contribution in [2.45, 2.75) is 109 Å². The molecule has 2 aliphatic heterocycles. The maximum absolute atomic E-state index is 6.24. The van der Waals surface area contributed by atoms with Gasteiger partial charge in [0.2, 0.25) is 0 Å². The van der Waals surface area contributed by atoms with Crippen LogP contribution in [-0.2, 0) is 18.9 Å². The lowest BCUT2D eigenvalue weighted by atomic mass is 9.87. The van der Waals surface area contributed by atoms with E-state index in [9.17, 15) is 0 Å². The van der Waals surface area contributed by atoms with Crippen molar-refractivity contribution in [2.24, 2.45) is 0 Å². The van der Waals surface area contributed by atoms with Crippen molar-refractivity contribution in [3.63, 3.8) is 0 Å². The molecule has 2 heterocycles. The summed E-state index contributed by atoms with van der Waals surface area (Å²) in [6, 6.07) is 0.150. The summed E-state index contributed by atoms with van der Waals surface area (Å²) in [5, 5.41) is 3.68. The largest absolute Gasteiger partial charge is 0.346 e. The SMILES string of the molecule is CCCCCCCCN[C@@H]1C=C2COC(C)(C)O[C@@H]2C2OC(C)(C)OC21. The fourth-order valence-corrected chi connectivity index (χ4v) is 4.18. The zero-order chi connectivity index (χ0) is 18.8. The molecule has 5 nitrogen and oxygen atoms in total. The van der Waals surface area contributed by atoms with Crippen LogP contribution < -0.4 is 5.32 Å². The van der Waals surface area contributed by atoms with Crippen LogP contribution in [-0.4, -0.2) is 49.1 Å². The van der Waals surface area contributed by atoms with Crippen molar-refractivity contribution in [3.8, 4) is 0 Å². The van der Waals surface area contributed by atoms with Crippen LogP contribution in [0.5, 0.6) is 0 Å². The Balaban J connectivity index is 1.59. The van der Waals surface area contributed by atoms with Gasteiger partial charge in [0.15, 0.2) is 11.6 Å². The fraction of sp³-hybridized carbons (Fsp3) is 0.905. The molecule has 0 radical (unpaired) electrons. The number of nitrogens with one attached hydrogen (secondary N) is 1. The standard InChI is InChI=1S/C21H37NO4/c1-6-7-8-9-10-11-12-22-16-13-15-14-23-20(2,3)24-17(15)19-18(16)25-21(4,5)26-19/h13,16-19,22H,6-12,14H2,1-5H3/t16-,17+,18?,19?/m1/s1. The molecule has 150 valence electrons. The summed E-state index contributed by atoms with van der Waals surface area (Å²) < 4.78 is 24.5. The first-order valence-electron chi connectivity index (χ1n) is 10.4. The van der Waals surface area contributed by atoms with Crippen molar-refractivity contribution < 1.29 is 18.9 Å². The molecule has 1 aliphatic carbocycles. The minimum Gasteiger partial charge on any atom is -0.346 e. The molecule has 26 heavy (non-hydrogen) atoms. The van der Waals surface area contributed by atoms with Gasteiger partial charge in [-0.1, -0.05) is 45.1 Å². The van der Waals surface area contributed by atoms with E-state index in [0.29, 0.717) is 6.61 Å². The van der Waals surface area contributed by atoms with Crippen LogP contribution in [0.25, 0.3) is 0 Å². The third-order valence-corrected chi connectivity index (χ3v) is 5.48. The van der Waals surface area contributed by atoms with Crippen molar-refractivity contribution in [1.29, 1.82) is 0 Å². The summed E-state index contributed by atoms with van der Waals surface area (Å²) in [4.78, 5) is 0. The topological polar surface area (TPSA) is 49.0 Å². The average molecular weight is 368 g/mol. The molecule has 0 spiro atoms. The predicted octanol–water partition coefficient (Wildman–Crippen LogP) is 3.92. The number of unbranched alkanes of at least 4 members (excludes halogenated alkanes) is 5. The van der Waals surface area contributed by atoms with E-state index < -0.39 is 11.6 Å². The Kier molecular flexibility index (Phi) is 6.45. The normalized spacial score (nSPS) is 34.9. The minimum atomic E-state index is -0.582. The van der Waals surface area contributed by atoms with Crippen LogP contribution in [0.1, 0.15) is 73.1 Å². The molecule has 0 saturated carbocycles. The molecule has 2 saturated heterocycles. The van der Waals surface area contributed by atoms with Gasteiger partial charge in [0.05, 0.1) is 12.6 Å². The van der Waals surface area contributed by atoms with Gasteiger partial charge in [0.25, 0.3) is 0 Å². The van der Waals surface area contributed by atoms with Crippen molar-refractivity contribution in [1.82, 2.24) is 5.32 Å². The highest BCUT2D eigenvalue weighted by Gasteiger charge is 2.54. The van der Waals surface area contributed by atoms with Crippen molar-refractivity contribution >= 4 is 0 Å². The highest BCUT2D eigenvalue weighted by molar-refractivity contribution is 5.25. The molecule has 0 bridgehead atoms. The number of ether oxygens (including phenoxy) is 4. The molecular weight excluding hydrogens is 330 g/mol. The predicted molar refractivity (Wildman–Crippen MR) is 102 cm³/mol. The van der Waals surface area contributed by atoms with Crippen LogP contribution in [0.4, 0.5) is 0 Å². The lowest BCUT2D eigenvalue weighted by Gasteiger charge is -2.44. The van der Waals surface area contributed by atoms with E-state index in [0.717, 1.165) is 6.54 Å². The van der Waals surface area contributed by atoms with Crippen LogP contribution in [0.3, 0.4) is 0 Å². The summed E-state index contributed by atoms with van der Waals surface area (Å²) in [7, 11) is 0. The Morgan fingerprint density at radius 3 is 2.38 bits per heavy atom. The quantitative estimate of drug-likeness (QED) is 0.520. The van der Waals surface area contributed by atoms with Gasteiger partial charge in [-0.25, -0.2) is 0 Å². The average Bonchev–Trinajstić information content (AvgIpc) is 2.89. The molecule has 2 fully saturated rings. The van der Waals surface area contributed by atoms with Gasteiger partial charge in [-0.05, 0) is 46.2 Å². The molecule has 0 amide bonds. The van der Waals surface area contributed by atoms with Gasteiger partial charge >= 0.3 is 0 Å². The molecular formula is C21H37NO4. The van der Waals surface area contributed by atoms with Crippen molar-refractivity contribution in [2.75, 3.05) is 13.2 Å². The van der Waals surface area contributed by atoms with Crippen molar-refractivity contribution in [3.05, 3.63) is 11.6 Å².